The molecule has 5 heteroatoms. The Balaban J connectivity index is 1.54. The second kappa shape index (κ2) is 11.6. The van der Waals surface area contributed by atoms with Crippen molar-refractivity contribution in [2.75, 3.05) is 13.2 Å². The molecule has 0 radical (unpaired) electrons. The topological polar surface area (TPSA) is 59.9 Å². The number of carbonyl (C=O) groups excluding carboxylic acids is 1. The fourth-order valence-corrected chi connectivity index (χ4v) is 6.01. The van der Waals surface area contributed by atoms with E-state index in [4.69, 9.17) is 17.0 Å². The molecule has 2 aliphatic rings. The van der Waals surface area contributed by atoms with Gasteiger partial charge in [-0.1, -0.05) is 43.7 Å². The molecule has 4 rings (SSSR count). The van der Waals surface area contributed by atoms with Crippen LogP contribution in [0.15, 0.2) is 48.5 Å². The maximum absolute atomic E-state index is 13.7. The van der Waals surface area contributed by atoms with Gasteiger partial charge in [-0.3, -0.25) is 4.79 Å². The zero-order chi connectivity index (χ0) is 25.6. The molecule has 0 bridgehead atoms. The lowest BCUT2D eigenvalue weighted by Crippen LogP contribution is -2.43. The van der Waals surface area contributed by atoms with Crippen LogP contribution < -0.4 is 5.73 Å². The minimum Gasteiger partial charge on any atom is -0.375 e. The number of likely N-dealkylation sites (tertiary alicyclic amines) is 1. The quantitative estimate of drug-likeness (QED) is 0.403. The predicted octanol–water partition coefficient (Wildman–Crippen LogP) is 6.26. The number of nitrogens with zero attached hydrogens (tertiary/aromatic N) is 2. The summed E-state index contributed by atoms with van der Waals surface area (Å²) in [6.07, 6.45) is 8.82. The minimum atomic E-state index is -0.519. The average Bonchev–Trinajstić information content (AvgIpc) is 3.54. The Morgan fingerprint density at radius 1 is 1.17 bits per heavy atom. The van der Waals surface area contributed by atoms with Gasteiger partial charge in [0, 0.05) is 42.1 Å². The number of hydrogen-bond donors (Lipinski definition) is 1. The van der Waals surface area contributed by atoms with Crippen molar-refractivity contribution in [1.29, 1.82) is 0 Å². The molecule has 1 aliphatic heterocycles. The summed E-state index contributed by atoms with van der Waals surface area (Å²) in [5.41, 5.74) is 9.36. The van der Waals surface area contributed by atoms with E-state index in [1.807, 2.05) is 37.3 Å². The van der Waals surface area contributed by atoms with Gasteiger partial charge in [0.05, 0.1) is 13.2 Å². The highest BCUT2D eigenvalue weighted by Crippen LogP contribution is 2.43. The van der Waals surface area contributed by atoms with Gasteiger partial charge in [-0.05, 0) is 74.8 Å². The molecule has 2 N–H and O–H groups in total. The van der Waals surface area contributed by atoms with E-state index in [-0.39, 0.29) is 5.91 Å². The summed E-state index contributed by atoms with van der Waals surface area (Å²) in [5.74, 6) is 0.0971. The van der Waals surface area contributed by atoms with Crippen molar-refractivity contribution in [2.45, 2.75) is 95.4 Å². The van der Waals surface area contributed by atoms with Gasteiger partial charge in [-0.25, -0.2) is 6.57 Å². The largest absolute Gasteiger partial charge is 0.375 e. The Bertz CT molecular complexity index is 1070. The smallest absolute Gasteiger partial charge is 0.257 e. The second-order valence-corrected chi connectivity index (χ2v) is 11.2. The Hall–Kier alpha value is -2.68. The monoisotopic (exact) mass is 487 g/mol. The van der Waals surface area contributed by atoms with E-state index in [1.54, 1.807) is 0 Å². The van der Waals surface area contributed by atoms with Crippen molar-refractivity contribution in [3.63, 3.8) is 0 Å². The Morgan fingerprint density at radius 3 is 2.61 bits per heavy atom. The molecule has 1 saturated carbocycles. The maximum atomic E-state index is 13.7. The number of ether oxygens (including phenoxy) is 1. The lowest BCUT2D eigenvalue weighted by molar-refractivity contribution is 0.0725. The summed E-state index contributed by atoms with van der Waals surface area (Å²) >= 11 is 0. The third kappa shape index (κ3) is 6.17. The Morgan fingerprint density at radius 2 is 1.92 bits per heavy atom. The molecule has 192 valence electrons. The van der Waals surface area contributed by atoms with Crippen molar-refractivity contribution in [3.8, 4) is 0 Å². The van der Waals surface area contributed by atoms with Gasteiger partial charge in [-0.2, -0.15) is 0 Å². The molecule has 1 heterocycles. The molecule has 36 heavy (non-hydrogen) atoms. The molecule has 5 nitrogen and oxygen atoms in total. The van der Waals surface area contributed by atoms with Crippen LogP contribution in [0.2, 0.25) is 0 Å². The van der Waals surface area contributed by atoms with E-state index in [0.29, 0.717) is 24.8 Å². The minimum absolute atomic E-state index is 0.0971. The molecule has 0 aromatic heterocycles. The third-order valence-electron chi connectivity index (χ3n) is 7.83. The van der Waals surface area contributed by atoms with Crippen LogP contribution in [-0.2, 0) is 23.3 Å². The standard InChI is InChI=1S/C31H41N3O2/c1-4-11-28-14-10-17-34(28)29(35)26-18-25(19-27(20-26)31(33-3)15-8-9-16-31)22-36-23-30(2,32)21-24-12-6-5-7-13-24/h5-7,12-13,18-20,28H,4,8-11,14-17,21-23,32H2,1-2H3. The summed E-state index contributed by atoms with van der Waals surface area (Å²) < 4.78 is 6.13. The molecule has 1 amide bonds. The van der Waals surface area contributed by atoms with Crippen LogP contribution in [-0.4, -0.2) is 35.5 Å². The second-order valence-electron chi connectivity index (χ2n) is 11.2. The first-order valence-electron chi connectivity index (χ1n) is 13.6. The molecule has 2 fully saturated rings. The highest BCUT2D eigenvalue weighted by Gasteiger charge is 2.43. The molecule has 2 atom stereocenters. The van der Waals surface area contributed by atoms with E-state index in [1.165, 1.54) is 5.56 Å². The van der Waals surface area contributed by atoms with E-state index in [0.717, 1.165) is 75.5 Å². The zero-order valence-electron chi connectivity index (χ0n) is 22.0. The van der Waals surface area contributed by atoms with E-state index in [9.17, 15) is 4.79 Å². The molecule has 0 spiro atoms. The molecular weight excluding hydrogens is 446 g/mol. The predicted molar refractivity (Wildman–Crippen MR) is 145 cm³/mol. The lowest BCUT2D eigenvalue weighted by Gasteiger charge is -2.26. The summed E-state index contributed by atoms with van der Waals surface area (Å²) in [6, 6.07) is 16.6. The third-order valence-corrected chi connectivity index (χ3v) is 7.83. The number of amides is 1. The zero-order valence-corrected chi connectivity index (χ0v) is 22.0. The van der Waals surface area contributed by atoms with E-state index >= 15 is 0 Å². The van der Waals surface area contributed by atoms with Crippen LogP contribution in [0.3, 0.4) is 0 Å². The first-order valence-corrected chi connectivity index (χ1v) is 13.6. The molecule has 2 unspecified atom stereocenters. The highest BCUT2D eigenvalue weighted by atomic mass is 16.5. The van der Waals surface area contributed by atoms with Gasteiger partial charge in [0.15, 0.2) is 0 Å². The Labute approximate surface area is 216 Å². The first kappa shape index (κ1) is 26.4. The van der Waals surface area contributed by atoms with E-state index in [2.05, 4.69) is 34.9 Å². The van der Waals surface area contributed by atoms with Gasteiger partial charge in [0.1, 0.15) is 0 Å². The molecule has 2 aromatic rings. The average molecular weight is 488 g/mol. The van der Waals surface area contributed by atoms with Crippen LogP contribution >= 0.6 is 0 Å². The fourth-order valence-electron chi connectivity index (χ4n) is 6.01. The summed E-state index contributed by atoms with van der Waals surface area (Å²) in [6.45, 7) is 13.8. The molecule has 1 saturated heterocycles. The van der Waals surface area contributed by atoms with Crippen LogP contribution in [0.1, 0.15) is 92.3 Å². The summed E-state index contributed by atoms with van der Waals surface area (Å²) in [4.78, 5) is 19.8. The van der Waals surface area contributed by atoms with Gasteiger partial charge in [-0.15, -0.1) is 0 Å². The molecule has 1 aliphatic carbocycles. The molecule has 2 aromatic carbocycles. The maximum Gasteiger partial charge on any atom is 0.257 e. The molecular formula is C31H41N3O2. The van der Waals surface area contributed by atoms with Gasteiger partial charge < -0.3 is 20.2 Å². The van der Waals surface area contributed by atoms with Crippen LogP contribution in [0.4, 0.5) is 0 Å². The van der Waals surface area contributed by atoms with Crippen molar-refractivity contribution >= 4 is 5.91 Å². The van der Waals surface area contributed by atoms with Crippen molar-refractivity contribution < 1.29 is 9.53 Å². The summed E-state index contributed by atoms with van der Waals surface area (Å²) in [5, 5.41) is 0. The number of hydrogen-bond acceptors (Lipinski definition) is 3. The van der Waals surface area contributed by atoms with Gasteiger partial charge in [0.25, 0.3) is 11.4 Å². The summed E-state index contributed by atoms with van der Waals surface area (Å²) in [7, 11) is 0. The van der Waals surface area contributed by atoms with Gasteiger partial charge in [0.2, 0.25) is 0 Å². The highest BCUT2D eigenvalue weighted by molar-refractivity contribution is 5.95. The number of carbonyl (C=O) groups is 1. The number of benzene rings is 2. The van der Waals surface area contributed by atoms with Gasteiger partial charge >= 0.3 is 0 Å². The van der Waals surface area contributed by atoms with Crippen molar-refractivity contribution in [2.24, 2.45) is 5.73 Å². The van der Waals surface area contributed by atoms with Crippen LogP contribution in [0, 0.1) is 6.57 Å². The van der Waals surface area contributed by atoms with Crippen LogP contribution in [0.5, 0.6) is 0 Å². The fraction of sp³-hybridized carbons (Fsp3) is 0.548. The normalized spacial score (nSPS) is 20.7. The number of rotatable bonds is 10. The lowest BCUT2D eigenvalue weighted by atomic mass is 9.86. The number of nitrogens with two attached hydrogens (primary N) is 1. The first-order chi connectivity index (χ1) is 17.4. The Kier molecular flexibility index (Phi) is 8.49. The SMILES string of the molecule is [C-]#[N+]C1(c2cc(COCC(C)(N)Cc3ccccc3)cc(C(=O)N3CCCC3CCC)c2)CCCC1. The van der Waals surface area contributed by atoms with Crippen molar-refractivity contribution in [1.82, 2.24) is 4.90 Å². The van der Waals surface area contributed by atoms with Crippen LogP contribution in [0.25, 0.3) is 4.85 Å². The van der Waals surface area contributed by atoms with Crippen molar-refractivity contribution in [3.05, 3.63) is 82.2 Å². The van der Waals surface area contributed by atoms with E-state index < -0.39 is 11.1 Å².